The number of hydrogen-bond donors (Lipinski definition) is 1. The lowest BCUT2D eigenvalue weighted by molar-refractivity contribution is -0.0436. The van der Waals surface area contributed by atoms with Crippen LogP contribution in [0.3, 0.4) is 0 Å². The summed E-state index contributed by atoms with van der Waals surface area (Å²) >= 11 is 0. The number of alkyl halides is 2. The topological polar surface area (TPSA) is 75.7 Å². The first-order valence-corrected chi connectivity index (χ1v) is 5.94. The normalized spacial score (nSPS) is 21.4. The first kappa shape index (κ1) is 13.1. The van der Waals surface area contributed by atoms with Crippen molar-refractivity contribution in [2.45, 2.75) is 18.8 Å². The van der Waals surface area contributed by atoms with Gasteiger partial charge in [-0.15, -0.1) is 0 Å². The fraction of sp³-hybridized carbons (Fsp3) is 0.857. The van der Waals surface area contributed by atoms with Gasteiger partial charge < -0.3 is 4.74 Å². The third-order valence-electron chi connectivity index (χ3n) is 2.10. The molecule has 6 nitrogen and oxygen atoms in total. The Labute approximate surface area is 91.7 Å². The Balaban J connectivity index is 2.72. The van der Waals surface area contributed by atoms with Crippen molar-refractivity contribution in [3.8, 4) is 0 Å². The van der Waals surface area contributed by atoms with Crippen molar-refractivity contribution in [3.63, 3.8) is 0 Å². The van der Waals surface area contributed by atoms with Gasteiger partial charge in [-0.1, -0.05) is 0 Å². The van der Waals surface area contributed by atoms with Crippen molar-refractivity contribution >= 4 is 16.3 Å². The van der Waals surface area contributed by atoms with Gasteiger partial charge in [0.2, 0.25) is 0 Å². The lowest BCUT2D eigenvalue weighted by Gasteiger charge is -2.31. The van der Waals surface area contributed by atoms with E-state index in [4.69, 9.17) is 0 Å². The highest BCUT2D eigenvalue weighted by molar-refractivity contribution is 7.87. The molecule has 0 aromatic rings. The van der Waals surface area contributed by atoms with Crippen molar-refractivity contribution in [1.82, 2.24) is 9.03 Å². The van der Waals surface area contributed by atoms with E-state index >= 15 is 0 Å². The molecule has 94 valence electrons. The van der Waals surface area contributed by atoms with Gasteiger partial charge in [0.1, 0.15) is 0 Å². The molecule has 1 N–H and O–H groups in total. The maximum absolute atomic E-state index is 13.0. The van der Waals surface area contributed by atoms with E-state index < -0.39 is 28.8 Å². The molecular formula is C7H12F2N2O4S. The number of amides is 1. The Morgan fingerprint density at radius 1 is 1.50 bits per heavy atom. The lowest BCUT2D eigenvalue weighted by atomic mass is 10.1. The van der Waals surface area contributed by atoms with Crippen LogP contribution in [0.1, 0.15) is 12.8 Å². The van der Waals surface area contributed by atoms with Crippen LogP contribution < -0.4 is 4.72 Å². The number of carbonyl (C=O) groups excluding carboxylic acids is 1. The molecule has 0 radical (unpaired) electrons. The monoisotopic (exact) mass is 258 g/mol. The van der Waals surface area contributed by atoms with Crippen molar-refractivity contribution < 1.29 is 26.7 Å². The minimum atomic E-state index is -4.24. The molecular weight excluding hydrogens is 246 g/mol. The van der Waals surface area contributed by atoms with E-state index in [9.17, 15) is 22.0 Å². The largest absolute Gasteiger partial charge is 0.452 e. The average Bonchev–Trinajstić information content (AvgIpc) is 2.15. The summed E-state index contributed by atoms with van der Waals surface area (Å²) in [5, 5.41) is 0. The van der Waals surface area contributed by atoms with Gasteiger partial charge in [0.25, 0.3) is 5.92 Å². The van der Waals surface area contributed by atoms with Gasteiger partial charge in [-0.2, -0.15) is 12.7 Å². The molecule has 1 fully saturated rings. The van der Waals surface area contributed by atoms with Crippen molar-refractivity contribution in [1.29, 1.82) is 0 Å². The van der Waals surface area contributed by atoms with E-state index in [0.717, 1.165) is 7.11 Å². The number of methoxy groups -OCH3 is 1. The lowest BCUT2D eigenvalue weighted by Crippen LogP contribution is -2.51. The fourth-order valence-electron chi connectivity index (χ4n) is 1.35. The quantitative estimate of drug-likeness (QED) is 0.774. The minimum Gasteiger partial charge on any atom is -0.452 e. The molecule has 0 saturated carbocycles. The average molecular weight is 258 g/mol. The Morgan fingerprint density at radius 2 is 2.12 bits per heavy atom. The van der Waals surface area contributed by atoms with E-state index in [1.807, 2.05) is 0 Å². The molecule has 0 spiro atoms. The standard InChI is InChI=1S/C7H12F2N2O4S/c1-15-6(12)10-16(13,14)11-4-2-3-7(8,9)5-11/h2-5H2,1H3,(H,10,12). The van der Waals surface area contributed by atoms with Gasteiger partial charge in [0.05, 0.1) is 13.7 Å². The summed E-state index contributed by atoms with van der Waals surface area (Å²) in [6, 6.07) is 0. The van der Waals surface area contributed by atoms with Crippen LogP contribution in [0, 0.1) is 0 Å². The van der Waals surface area contributed by atoms with E-state index in [2.05, 4.69) is 4.74 Å². The minimum absolute atomic E-state index is 0.0398. The van der Waals surface area contributed by atoms with Crippen LogP contribution in [-0.2, 0) is 14.9 Å². The first-order valence-electron chi connectivity index (χ1n) is 4.50. The smallest absolute Gasteiger partial charge is 0.421 e. The molecule has 0 aliphatic carbocycles. The molecule has 1 aliphatic rings. The summed E-state index contributed by atoms with van der Waals surface area (Å²) < 4.78 is 54.9. The Hall–Kier alpha value is -0.960. The van der Waals surface area contributed by atoms with E-state index in [1.54, 1.807) is 0 Å². The van der Waals surface area contributed by atoms with Crippen LogP contribution in [0.15, 0.2) is 0 Å². The highest BCUT2D eigenvalue weighted by Crippen LogP contribution is 2.27. The van der Waals surface area contributed by atoms with E-state index in [1.165, 1.54) is 4.72 Å². The van der Waals surface area contributed by atoms with Crippen LogP contribution >= 0.6 is 0 Å². The summed E-state index contributed by atoms with van der Waals surface area (Å²) in [5.74, 6) is -3.05. The Bertz CT molecular complexity index is 371. The molecule has 0 atom stereocenters. The summed E-state index contributed by atoms with van der Waals surface area (Å²) in [5.41, 5.74) is 0. The number of piperidine rings is 1. The second-order valence-corrected chi connectivity index (χ2v) is 5.06. The maximum Gasteiger partial charge on any atom is 0.421 e. The molecule has 0 unspecified atom stereocenters. The van der Waals surface area contributed by atoms with Crippen LogP contribution in [0.2, 0.25) is 0 Å². The second kappa shape index (κ2) is 4.50. The number of ether oxygens (including phenoxy) is 1. The molecule has 1 amide bonds. The molecule has 9 heteroatoms. The van der Waals surface area contributed by atoms with Gasteiger partial charge in [-0.25, -0.2) is 18.3 Å². The zero-order chi connectivity index (χ0) is 12.4. The molecule has 0 bridgehead atoms. The zero-order valence-corrected chi connectivity index (χ0v) is 9.39. The third kappa shape index (κ3) is 3.27. The van der Waals surface area contributed by atoms with Crippen LogP contribution in [-0.4, -0.2) is 44.9 Å². The summed E-state index contributed by atoms with van der Waals surface area (Å²) in [6.45, 7) is -0.957. The van der Waals surface area contributed by atoms with Crippen molar-refractivity contribution in [2.24, 2.45) is 0 Å². The summed E-state index contributed by atoms with van der Waals surface area (Å²) in [7, 11) is -3.26. The van der Waals surface area contributed by atoms with Gasteiger partial charge in [-0.3, -0.25) is 0 Å². The SMILES string of the molecule is COC(=O)NS(=O)(=O)N1CCCC(F)(F)C1. The number of rotatable bonds is 2. The molecule has 1 saturated heterocycles. The first-order chi connectivity index (χ1) is 7.27. The zero-order valence-electron chi connectivity index (χ0n) is 8.57. The predicted octanol–water partition coefficient (Wildman–Crippen LogP) is 0.318. The van der Waals surface area contributed by atoms with Gasteiger partial charge in [-0.05, 0) is 6.42 Å². The molecule has 1 rings (SSSR count). The van der Waals surface area contributed by atoms with Crippen LogP contribution in [0.25, 0.3) is 0 Å². The number of halogens is 2. The second-order valence-electron chi connectivity index (χ2n) is 3.39. The molecule has 1 heterocycles. The van der Waals surface area contributed by atoms with Crippen LogP contribution in [0.5, 0.6) is 0 Å². The van der Waals surface area contributed by atoms with Crippen molar-refractivity contribution in [3.05, 3.63) is 0 Å². The van der Waals surface area contributed by atoms with Gasteiger partial charge in [0, 0.05) is 13.0 Å². The Kier molecular flexibility index (Phi) is 3.68. The van der Waals surface area contributed by atoms with Gasteiger partial charge >= 0.3 is 16.3 Å². The predicted molar refractivity (Wildman–Crippen MR) is 50.2 cm³/mol. The van der Waals surface area contributed by atoms with E-state index in [0.29, 0.717) is 4.31 Å². The number of nitrogens with zero attached hydrogens (tertiary/aromatic N) is 1. The van der Waals surface area contributed by atoms with Crippen molar-refractivity contribution in [2.75, 3.05) is 20.2 Å². The molecule has 0 aromatic carbocycles. The molecule has 16 heavy (non-hydrogen) atoms. The molecule has 1 aliphatic heterocycles. The highest BCUT2D eigenvalue weighted by Gasteiger charge is 2.40. The van der Waals surface area contributed by atoms with E-state index in [-0.39, 0.29) is 19.4 Å². The highest BCUT2D eigenvalue weighted by atomic mass is 32.2. The Morgan fingerprint density at radius 3 is 2.62 bits per heavy atom. The summed E-state index contributed by atoms with van der Waals surface area (Å²) in [6.07, 6.45) is -1.50. The molecule has 0 aromatic heterocycles. The maximum atomic E-state index is 13.0. The number of hydrogen-bond acceptors (Lipinski definition) is 4. The van der Waals surface area contributed by atoms with Crippen LogP contribution in [0.4, 0.5) is 13.6 Å². The number of nitrogens with one attached hydrogen (secondary N) is 1. The van der Waals surface area contributed by atoms with Gasteiger partial charge in [0.15, 0.2) is 0 Å². The summed E-state index contributed by atoms with van der Waals surface area (Å²) in [4.78, 5) is 10.7. The fourth-order valence-corrected chi connectivity index (χ4v) is 2.50. The number of carbonyl (C=O) groups is 1. The third-order valence-corrected chi connectivity index (χ3v) is 3.51.